The van der Waals surface area contributed by atoms with E-state index in [1.807, 2.05) is 6.07 Å². The molecule has 21 heavy (non-hydrogen) atoms. The van der Waals surface area contributed by atoms with E-state index in [9.17, 15) is 9.50 Å². The largest absolute Gasteiger partial charge is 0.508 e. The van der Waals surface area contributed by atoms with Crippen LogP contribution in [0.1, 0.15) is 29.2 Å². The molecule has 0 heterocycles. The van der Waals surface area contributed by atoms with E-state index in [0.29, 0.717) is 21.6 Å². The van der Waals surface area contributed by atoms with Gasteiger partial charge in [0.2, 0.25) is 0 Å². The number of hydrogen-bond acceptors (Lipinski definition) is 2. The van der Waals surface area contributed by atoms with Gasteiger partial charge in [0, 0.05) is 23.2 Å². The van der Waals surface area contributed by atoms with Crippen molar-refractivity contribution in [3.05, 3.63) is 62.3 Å². The van der Waals surface area contributed by atoms with Crippen LogP contribution in [0, 0.1) is 5.82 Å². The van der Waals surface area contributed by atoms with Crippen LogP contribution in [0.2, 0.25) is 5.02 Å². The fourth-order valence-electron chi connectivity index (χ4n) is 2.79. The molecule has 0 radical (unpaired) electrons. The lowest BCUT2D eigenvalue weighted by Gasteiger charge is -2.16. The molecule has 0 saturated heterocycles. The second-order valence-electron chi connectivity index (χ2n) is 5.14. The van der Waals surface area contributed by atoms with Crippen LogP contribution in [0.4, 0.5) is 4.39 Å². The maximum Gasteiger partial charge on any atom is 0.137 e. The van der Waals surface area contributed by atoms with Crippen molar-refractivity contribution < 1.29 is 9.50 Å². The minimum Gasteiger partial charge on any atom is -0.508 e. The zero-order valence-corrected chi connectivity index (χ0v) is 13.5. The summed E-state index contributed by atoms with van der Waals surface area (Å²) in [5.41, 5.74) is 2.82. The minimum absolute atomic E-state index is 0.146. The number of nitrogens with one attached hydrogen (secondary N) is 1. The van der Waals surface area contributed by atoms with Gasteiger partial charge in [-0.1, -0.05) is 23.7 Å². The Bertz CT molecular complexity index is 672. The van der Waals surface area contributed by atoms with Crippen LogP contribution in [0.15, 0.2) is 34.8 Å². The molecule has 0 bridgehead atoms. The van der Waals surface area contributed by atoms with E-state index in [1.165, 1.54) is 6.07 Å². The highest BCUT2D eigenvalue weighted by atomic mass is 79.9. The van der Waals surface area contributed by atoms with Crippen molar-refractivity contribution in [3.8, 4) is 5.75 Å². The third-order valence-electron chi connectivity index (χ3n) is 3.91. The molecule has 0 aliphatic heterocycles. The van der Waals surface area contributed by atoms with Crippen molar-refractivity contribution in [2.45, 2.75) is 25.4 Å². The van der Waals surface area contributed by atoms with Crippen LogP contribution in [-0.2, 0) is 13.0 Å². The normalized spacial score (nSPS) is 17.0. The number of halogens is 3. The van der Waals surface area contributed by atoms with E-state index in [-0.39, 0.29) is 17.6 Å². The molecule has 2 aromatic rings. The predicted octanol–water partition coefficient (Wildman–Crippen LogP) is 4.72. The van der Waals surface area contributed by atoms with Crippen LogP contribution in [0.25, 0.3) is 0 Å². The van der Waals surface area contributed by atoms with Gasteiger partial charge in [0.05, 0.1) is 4.47 Å². The Kier molecular flexibility index (Phi) is 4.20. The number of fused-ring (bicyclic) bond motifs is 1. The number of phenolic OH excluding ortho intramolecular Hbond substituents is 1. The van der Waals surface area contributed by atoms with E-state index in [0.717, 1.165) is 24.0 Å². The zero-order chi connectivity index (χ0) is 15.0. The fourth-order valence-corrected chi connectivity index (χ4v) is 3.59. The summed E-state index contributed by atoms with van der Waals surface area (Å²) in [6, 6.07) is 8.55. The van der Waals surface area contributed by atoms with E-state index in [2.05, 4.69) is 21.2 Å². The summed E-state index contributed by atoms with van der Waals surface area (Å²) in [5.74, 6) is -0.0355. The monoisotopic (exact) mass is 369 g/mol. The number of hydrogen-bond donors (Lipinski definition) is 2. The van der Waals surface area contributed by atoms with Crippen LogP contribution >= 0.6 is 27.5 Å². The van der Waals surface area contributed by atoms with Gasteiger partial charge >= 0.3 is 0 Å². The Labute approximate surface area is 136 Å². The smallest absolute Gasteiger partial charge is 0.137 e. The van der Waals surface area contributed by atoms with Gasteiger partial charge in [-0.3, -0.25) is 0 Å². The summed E-state index contributed by atoms with van der Waals surface area (Å²) >= 11 is 9.42. The number of benzene rings is 2. The number of aromatic hydroxyl groups is 1. The van der Waals surface area contributed by atoms with Crippen molar-refractivity contribution in [1.82, 2.24) is 5.32 Å². The summed E-state index contributed by atoms with van der Waals surface area (Å²) in [4.78, 5) is 0. The van der Waals surface area contributed by atoms with Gasteiger partial charge in [-0.05, 0) is 58.1 Å². The highest BCUT2D eigenvalue weighted by molar-refractivity contribution is 9.10. The Hall–Kier alpha value is -1.10. The lowest BCUT2D eigenvalue weighted by atomic mass is 10.1. The first kappa shape index (κ1) is 14.8. The lowest BCUT2D eigenvalue weighted by Crippen LogP contribution is -2.19. The van der Waals surface area contributed by atoms with Gasteiger partial charge in [-0.25, -0.2) is 4.39 Å². The van der Waals surface area contributed by atoms with E-state index < -0.39 is 0 Å². The Morgan fingerprint density at radius 3 is 2.90 bits per heavy atom. The molecule has 2 nitrogen and oxygen atoms in total. The zero-order valence-electron chi connectivity index (χ0n) is 11.2. The first-order valence-corrected chi connectivity index (χ1v) is 7.91. The summed E-state index contributed by atoms with van der Waals surface area (Å²) < 4.78 is 14.1. The van der Waals surface area contributed by atoms with Crippen LogP contribution in [-0.4, -0.2) is 5.11 Å². The molecule has 0 fully saturated rings. The maximum absolute atomic E-state index is 13.5. The Morgan fingerprint density at radius 1 is 1.33 bits per heavy atom. The molecular weight excluding hydrogens is 357 g/mol. The van der Waals surface area contributed by atoms with Gasteiger partial charge in [0.15, 0.2) is 0 Å². The SMILES string of the molecule is Oc1cccc(Cl)c1CNC1CCc2c1ccc(F)c2Br. The Balaban J connectivity index is 1.79. The molecule has 2 aromatic carbocycles. The topological polar surface area (TPSA) is 32.3 Å². The van der Waals surface area contributed by atoms with Crippen molar-refractivity contribution in [3.63, 3.8) is 0 Å². The molecule has 1 unspecified atom stereocenters. The molecule has 3 rings (SSSR count). The fraction of sp³-hybridized carbons (Fsp3) is 0.250. The molecule has 1 aliphatic rings. The van der Waals surface area contributed by atoms with Gasteiger partial charge in [0.1, 0.15) is 11.6 Å². The maximum atomic E-state index is 13.5. The third kappa shape index (κ3) is 2.80. The first-order valence-electron chi connectivity index (χ1n) is 6.74. The average molecular weight is 371 g/mol. The van der Waals surface area contributed by atoms with Crippen molar-refractivity contribution in [1.29, 1.82) is 0 Å². The molecule has 0 amide bonds. The quantitative estimate of drug-likeness (QED) is 0.819. The lowest BCUT2D eigenvalue weighted by molar-refractivity contribution is 0.457. The van der Waals surface area contributed by atoms with Gasteiger partial charge in [-0.15, -0.1) is 0 Å². The highest BCUT2D eigenvalue weighted by Crippen LogP contribution is 2.37. The van der Waals surface area contributed by atoms with Crippen LogP contribution in [0.5, 0.6) is 5.75 Å². The van der Waals surface area contributed by atoms with Crippen molar-refractivity contribution >= 4 is 27.5 Å². The molecule has 0 spiro atoms. The Morgan fingerprint density at radius 2 is 2.14 bits per heavy atom. The molecule has 0 saturated carbocycles. The number of rotatable bonds is 3. The van der Waals surface area contributed by atoms with Gasteiger partial charge in [0.25, 0.3) is 0 Å². The third-order valence-corrected chi connectivity index (χ3v) is 5.12. The second kappa shape index (κ2) is 5.95. The molecule has 1 atom stereocenters. The summed E-state index contributed by atoms with van der Waals surface area (Å²) in [6.07, 6.45) is 1.74. The number of phenols is 1. The molecule has 5 heteroatoms. The van der Waals surface area contributed by atoms with Crippen molar-refractivity contribution in [2.24, 2.45) is 0 Å². The van der Waals surface area contributed by atoms with Crippen LogP contribution < -0.4 is 5.32 Å². The van der Waals surface area contributed by atoms with Gasteiger partial charge in [-0.2, -0.15) is 0 Å². The van der Waals surface area contributed by atoms with Crippen LogP contribution in [0.3, 0.4) is 0 Å². The molecule has 1 aliphatic carbocycles. The highest BCUT2D eigenvalue weighted by Gasteiger charge is 2.25. The average Bonchev–Trinajstić information content (AvgIpc) is 2.86. The minimum atomic E-state index is -0.224. The predicted molar refractivity (Wildman–Crippen MR) is 85.1 cm³/mol. The van der Waals surface area contributed by atoms with Crippen molar-refractivity contribution in [2.75, 3.05) is 0 Å². The first-order chi connectivity index (χ1) is 10.1. The molecule has 110 valence electrons. The van der Waals surface area contributed by atoms with E-state index in [4.69, 9.17) is 11.6 Å². The molecule has 2 N–H and O–H groups in total. The van der Waals surface area contributed by atoms with E-state index >= 15 is 0 Å². The summed E-state index contributed by atoms with van der Waals surface area (Å²) in [6.45, 7) is 0.477. The summed E-state index contributed by atoms with van der Waals surface area (Å²) in [5, 5.41) is 13.8. The standard InChI is InChI=1S/C16H14BrClFNO/c17-16-10-5-7-14(9(10)4-6-13(16)19)20-8-11-12(18)2-1-3-15(11)21/h1-4,6,14,20-21H,5,7-8H2. The second-order valence-corrected chi connectivity index (χ2v) is 6.34. The molecule has 0 aromatic heterocycles. The summed E-state index contributed by atoms with van der Waals surface area (Å²) in [7, 11) is 0. The van der Waals surface area contributed by atoms with E-state index in [1.54, 1.807) is 18.2 Å². The van der Waals surface area contributed by atoms with Gasteiger partial charge < -0.3 is 10.4 Å². The molecular formula is C16H14BrClFNO.